The number of carbonyl (C=O) groups excluding carboxylic acids is 1. The van der Waals surface area contributed by atoms with E-state index in [9.17, 15) is 13.2 Å². The van der Waals surface area contributed by atoms with Crippen molar-refractivity contribution in [2.75, 3.05) is 24.6 Å². The van der Waals surface area contributed by atoms with Gasteiger partial charge in [-0.2, -0.15) is 0 Å². The van der Waals surface area contributed by atoms with Gasteiger partial charge in [0.15, 0.2) is 15.8 Å². The van der Waals surface area contributed by atoms with Gasteiger partial charge in [0, 0.05) is 12.6 Å². The molecule has 0 bridgehead atoms. The molecule has 1 saturated heterocycles. The maximum atomic E-state index is 12.2. The van der Waals surface area contributed by atoms with Crippen LogP contribution in [-0.4, -0.2) is 62.2 Å². The van der Waals surface area contributed by atoms with Crippen molar-refractivity contribution in [3.8, 4) is 0 Å². The Morgan fingerprint density at radius 3 is 2.21 bits per heavy atom. The van der Waals surface area contributed by atoms with Gasteiger partial charge in [0.2, 0.25) is 0 Å². The molecule has 1 amide bonds. The number of nitrogens with one attached hydrogen (secondary N) is 3. The van der Waals surface area contributed by atoms with E-state index in [2.05, 4.69) is 20.9 Å². The van der Waals surface area contributed by atoms with Crippen molar-refractivity contribution in [3.05, 3.63) is 0 Å². The van der Waals surface area contributed by atoms with Crippen molar-refractivity contribution < 1.29 is 17.9 Å². The minimum Gasteiger partial charge on any atom is -0.444 e. The van der Waals surface area contributed by atoms with Crippen molar-refractivity contribution in [1.82, 2.24) is 16.0 Å². The van der Waals surface area contributed by atoms with Crippen molar-refractivity contribution >= 4 is 45.9 Å². The van der Waals surface area contributed by atoms with Crippen LogP contribution in [0.5, 0.6) is 0 Å². The summed E-state index contributed by atoms with van der Waals surface area (Å²) in [6.07, 6.45) is 1.52. The number of hydrogen-bond acceptors (Lipinski definition) is 5. The van der Waals surface area contributed by atoms with E-state index < -0.39 is 27.1 Å². The first kappa shape index (κ1) is 27.2. The molecule has 0 aromatic carbocycles. The molecule has 0 saturated carbocycles. The summed E-state index contributed by atoms with van der Waals surface area (Å²) in [5, 5.41) is 9.32. The summed E-state index contributed by atoms with van der Waals surface area (Å²) in [4.78, 5) is 16.9. The summed E-state index contributed by atoms with van der Waals surface area (Å²) < 4.78 is 28.7. The number of carbonyl (C=O) groups is 1. The second kappa shape index (κ2) is 11.4. The summed E-state index contributed by atoms with van der Waals surface area (Å²) in [6, 6.07) is -0.135. The number of amides is 1. The Balaban J connectivity index is 0.00000729. The molecule has 1 unspecified atom stereocenters. The van der Waals surface area contributed by atoms with Gasteiger partial charge in [-0.3, -0.25) is 4.99 Å². The third-order valence-corrected chi connectivity index (χ3v) is 6.34. The SMILES string of the molecule is CCNC(=NCC(CC)(CC)NC(=O)OC(C)(C)C)NC1CCS(=O)(=O)C1.I. The van der Waals surface area contributed by atoms with Crippen LogP contribution >= 0.6 is 24.0 Å². The van der Waals surface area contributed by atoms with E-state index >= 15 is 0 Å². The summed E-state index contributed by atoms with van der Waals surface area (Å²) in [7, 11) is -2.96. The lowest BCUT2D eigenvalue weighted by atomic mass is 9.93. The van der Waals surface area contributed by atoms with Gasteiger partial charge < -0.3 is 20.7 Å². The number of ether oxygens (including phenoxy) is 1. The first-order chi connectivity index (χ1) is 12.4. The Morgan fingerprint density at radius 1 is 1.18 bits per heavy atom. The third kappa shape index (κ3) is 9.62. The predicted octanol–water partition coefficient (Wildman–Crippen LogP) is 2.43. The largest absolute Gasteiger partial charge is 0.444 e. The zero-order valence-corrected chi connectivity index (χ0v) is 21.1. The fraction of sp³-hybridized carbons (Fsp3) is 0.889. The van der Waals surface area contributed by atoms with E-state index in [0.717, 1.165) is 0 Å². The Kier molecular flexibility index (Phi) is 11.1. The van der Waals surface area contributed by atoms with Gasteiger partial charge in [-0.15, -0.1) is 24.0 Å². The molecule has 0 spiro atoms. The lowest BCUT2D eigenvalue weighted by molar-refractivity contribution is 0.0452. The van der Waals surface area contributed by atoms with Crippen LogP contribution in [0.4, 0.5) is 4.79 Å². The maximum Gasteiger partial charge on any atom is 0.408 e. The Labute approximate surface area is 187 Å². The van der Waals surface area contributed by atoms with Crippen LogP contribution in [0.15, 0.2) is 4.99 Å². The topological polar surface area (TPSA) is 109 Å². The zero-order valence-electron chi connectivity index (χ0n) is 17.9. The highest BCUT2D eigenvalue weighted by molar-refractivity contribution is 14.0. The number of nitrogens with zero attached hydrogens (tertiary/aromatic N) is 1. The number of halogens is 1. The van der Waals surface area contributed by atoms with Crippen LogP contribution in [0, 0.1) is 0 Å². The molecule has 1 fully saturated rings. The molecular weight excluding hydrogens is 495 g/mol. The molecule has 0 aromatic rings. The first-order valence-corrected chi connectivity index (χ1v) is 11.5. The van der Waals surface area contributed by atoms with E-state index in [4.69, 9.17) is 4.74 Å². The van der Waals surface area contributed by atoms with Crippen LogP contribution in [-0.2, 0) is 14.6 Å². The van der Waals surface area contributed by atoms with Gasteiger partial charge in [-0.05, 0) is 47.0 Å². The van der Waals surface area contributed by atoms with Gasteiger partial charge in [0.05, 0.1) is 23.6 Å². The second-order valence-corrected chi connectivity index (χ2v) is 10.3. The monoisotopic (exact) mass is 532 g/mol. The number of sulfone groups is 1. The van der Waals surface area contributed by atoms with E-state index in [1.54, 1.807) is 0 Å². The molecule has 3 N–H and O–H groups in total. The lowest BCUT2D eigenvalue weighted by Crippen LogP contribution is -2.52. The highest BCUT2D eigenvalue weighted by atomic mass is 127. The van der Waals surface area contributed by atoms with Crippen molar-refractivity contribution in [3.63, 3.8) is 0 Å². The van der Waals surface area contributed by atoms with Gasteiger partial charge in [0.25, 0.3) is 0 Å². The molecule has 1 heterocycles. The van der Waals surface area contributed by atoms with Crippen LogP contribution in [0.25, 0.3) is 0 Å². The van der Waals surface area contributed by atoms with Crippen LogP contribution in [0.2, 0.25) is 0 Å². The summed E-state index contributed by atoms with van der Waals surface area (Å²) in [5.74, 6) is 0.898. The zero-order chi connectivity index (χ0) is 20.7. The van der Waals surface area contributed by atoms with Crippen LogP contribution in [0.3, 0.4) is 0 Å². The number of alkyl carbamates (subject to hydrolysis) is 1. The summed E-state index contributed by atoms with van der Waals surface area (Å²) in [5.41, 5.74) is -1.09. The molecule has 1 rings (SSSR count). The Morgan fingerprint density at radius 2 is 1.79 bits per heavy atom. The summed E-state index contributed by atoms with van der Waals surface area (Å²) >= 11 is 0. The van der Waals surface area contributed by atoms with Gasteiger partial charge >= 0.3 is 6.09 Å². The maximum absolute atomic E-state index is 12.2. The minimum atomic E-state index is -2.96. The lowest BCUT2D eigenvalue weighted by Gasteiger charge is -2.33. The third-order valence-electron chi connectivity index (χ3n) is 4.58. The average Bonchev–Trinajstić information content (AvgIpc) is 2.88. The second-order valence-electron chi connectivity index (χ2n) is 8.05. The van der Waals surface area contributed by atoms with Crippen molar-refractivity contribution in [2.24, 2.45) is 4.99 Å². The molecule has 1 atom stereocenters. The molecule has 1 aliphatic heterocycles. The molecule has 10 heteroatoms. The summed E-state index contributed by atoms with van der Waals surface area (Å²) in [6.45, 7) is 12.5. The fourth-order valence-electron chi connectivity index (χ4n) is 2.86. The van der Waals surface area contributed by atoms with Gasteiger partial charge in [0.1, 0.15) is 5.60 Å². The van der Waals surface area contributed by atoms with Crippen molar-refractivity contribution in [1.29, 1.82) is 0 Å². The van der Waals surface area contributed by atoms with Crippen molar-refractivity contribution in [2.45, 2.75) is 78.0 Å². The molecule has 28 heavy (non-hydrogen) atoms. The van der Waals surface area contributed by atoms with E-state index in [1.165, 1.54) is 0 Å². The smallest absolute Gasteiger partial charge is 0.408 e. The molecular formula is C18H37IN4O4S. The van der Waals surface area contributed by atoms with Gasteiger partial charge in [-0.1, -0.05) is 13.8 Å². The molecule has 1 aliphatic rings. The highest BCUT2D eigenvalue weighted by Crippen LogP contribution is 2.18. The normalized spacial score (nSPS) is 19.5. The van der Waals surface area contributed by atoms with Crippen LogP contribution in [0.1, 0.15) is 60.8 Å². The first-order valence-electron chi connectivity index (χ1n) is 9.70. The molecule has 0 radical (unpaired) electrons. The Bertz CT molecular complexity index is 628. The number of guanidine groups is 1. The van der Waals surface area contributed by atoms with E-state index in [-0.39, 0.29) is 41.5 Å². The van der Waals surface area contributed by atoms with E-state index in [1.807, 2.05) is 41.5 Å². The predicted molar refractivity (Wildman–Crippen MR) is 124 cm³/mol. The van der Waals surface area contributed by atoms with Gasteiger partial charge in [-0.25, -0.2) is 13.2 Å². The van der Waals surface area contributed by atoms with Crippen LogP contribution < -0.4 is 16.0 Å². The molecule has 8 nitrogen and oxygen atoms in total. The minimum absolute atomic E-state index is 0. The highest BCUT2D eigenvalue weighted by Gasteiger charge is 2.31. The molecule has 0 aliphatic carbocycles. The Hall–Kier alpha value is -0.780. The number of rotatable bonds is 7. The number of hydrogen-bond donors (Lipinski definition) is 3. The standard InChI is InChI=1S/C18H36N4O4S.HI/c1-7-18(8-2,22-16(23)26-17(4,5)6)13-20-15(19-9-3)21-14-10-11-27(24,25)12-14;/h14H,7-13H2,1-6H3,(H,22,23)(H2,19,20,21);1H. The van der Waals surface area contributed by atoms with E-state index in [0.29, 0.717) is 38.3 Å². The quantitative estimate of drug-likeness (QED) is 0.264. The molecule has 0 aromatic heterocycles. The fourth-order valence-corrected chi connectivity index (χ4v) is 4.54. The average molecular weight is 532 g/mol. The molecule has 166 valence electrons. The number of aliphatic imine (C=N–C) groups is 1.